The monoisotopic (exact) mass is 222 g/mol. The van der Waals surface area contributed by atoms with Crippen LogP contribution in [0.4, 0.5) is 0 Å². The van der Waals surface area contributed by atoms with Crippen molar-refractivity contribution in [1.29, 1.82) is 0 Å². The zero-order chi connectivity index (χ0) is 11.3. The number of likely N-dealkylation sites (tertiary alicyclic amines) is 1. The van der Waals surface area contributed by atoms with E-state index in [1.54, 1.807) is 0 Å². The number of likely N-dealkylation sites (N-methyl/N-ethyl adjacent to an activating group) is 1. The highest BCUT2D eigenvalue weighted by molar-refractivity contribution is 6.09. The minimum absolute atomic E-state index is 0.0862. The van der Waals surface area contributed by atoms with Crippen LogP contribution in [-0.2, 0) is 4.79 Å². The smallest absolute Gasteiger partial charge is 0.253 e. The summed E-state index contributed by atoms with van der Waals surface area (Å²) in [5.74, 6) is 0.776. The summed E-state index contributed by atoms with van der Waals surface area (Å²) in [5.41, 5.74) is -0.429. The molecule has 0 aromatic rings. The number of rotatable bonds is 1. The van der Waals surface area contributed by atoms with Gasteiger partial charge in [0.1, 0.15) is 5.54 Å². The van der Waals surface area contributed by atoms with Gasteiger partial charge in [-0.15, -0.1) is 0 Å². The molecule has 3 aliphatic rings. The highest BCUT2D eigenvalue weighted by Crippen LogP contribution is 2.29. The van der Waals surface area contributed by atoms with Crippen LogP contribution >= 0.6 is 0 Å². The molecule has 1 amide bonds. The van der Waals surface area contributed by atoms with E-state index in [0.717, 1.165) is 25.8 Å². The van der Waals surface area contributed by atoms with Crippen molar-refractivity contribution in [1.82, 2.24) is 15.5 Å². The van der Waals surface area contributed by atoms with E-state index in [4.69, 9.17) is 0 Å². The fraction of sp³-hybridized carbons (Fsp3) is 0.818. The zero-order valence-electron chi connectivity index (χ0n) is 9.79. The van der Waals surface area contributed by atoms with Gasteiger partial charge in [-0.3, -0.25) is 10.1 Å². The molecule has 3 rings (SSSR count). The number of carbonyl (C=O) groups excluding carboxylic acids is 1. The number of nitrogens with zero attached hydrogens (tertiary/aromatic N) is 2. The Labute approximate surface area is 95.3 Å². The first-order valence-corrected chi connectivity index (χ1v) is 5.97. The molecule has 2 saturated heterocycles. The van der Waals surface area contributed by atoms with Crippen molar-refractivity contribution in [3.8, 4) is 0 Å². The van der Waals surface area contributed by atoms with Gasteiger partial charge in [0.05, 0.1) is 6.04 Å². The lowest BCUT2D eigenvalue weighted by Crippen LogP contribution is -2.48. The van der Waals surface area contributed by atoms with E-state index in [9.17, 15) is 4.79 Å². The Morgan fingerprint density at radius 3 is 2.81 bits per heavy atom. The summed E-state index contributed by atoms with van der Waals surface area (Å²) in [7, 11) is 2.06. The van der Waals surface area contributed by atoms with Gasteiger partial charge in [0, 0.05) is 12.6 Å². The van der Waals surface area contributed by atoms with Crippen molar-refractivity contribution in [2.75, 3.05) is 13.6 Å². The first-order chi connectivity index (χ1) is 7.59. The van der Waals surface area contributed by atoms with E-state index < -0.39 is 5.54 Å². The predicted molar refractivity (Wildman–Crippen MR) is 61.2 cm³/mol. The highest BCUT2D eigenvalue weighted by atomic mass is 16.2. The Hall–Kier alpha value is -1.10. The lowest BCUT2D eigenvalue weighted by atomic mass is 9.97. The van der Waals surface area contributed by atoms with Crippen LogP contribution in [0, 0.1) is 0 Å². The van der Waals surface area contributed by atoms with E-state index >= 15 is 0 Å². The van der Waals surface area contributed by atoms with E-state index in [1.807, 2.05) is 0 Å². The van der Waals surface area contributed by atoms with Gasteiger partial charge < -0.3 is 10.2 Å². The lowest BCUT2D eigenvalue weighted by Gasteiger charge is -2.19. The average Bonchev–Trinajstić information content (AvgIpc) is 2.89. The van der Waals surface area contributed by atoms with E-state index in [0.29, 0.717) is 18.0 Å². The summed E-state index contributed by atoms with van der Waals surface area (Å²) in [6.07, 6.45) is 3.17. The van der Waals surface area contributed by atoms with Gasteiger partial charge in [-0.2, -0.15) is 0 Å². The van der Waals surface area contributed by atoms with Gasteiger partial charge in [0.15, 0.2) is 5.96 Å². The fourth-order valence-electron chi connectivity index (χ4n) is 2.55. The van der Waals surface area contributed by atoms with Crippen molar-refractivity contribution in [2.45, 2.75) is 43.8 Å². The third kappa shape index (κ3) is 1.50. The predicted octanol–water partition coefficient (Wildman–Crippen LogP) is -0.313. The van der Waals surface area contributed by atoms with Crippen LogP contribution in [0.15, 0.2) is 4.99 Å². The topological polar surface area (TPSA) is 56.7 Å². The maximum atomic E-state index is 12.0. The van der Waals surface area contributed by atoms with Crippen molar-refractivity contribution >= 4 is 11.9 Å². The van der Waals surface area contributed by atoms with Crippen LogP contribution in [0.5, 0.6) is 0 Å². The third-order valence-electron chi connectivity index (χ3n) is 3.80. The normalized spacial score (nSPS) is 41.8. The van der Waals surface area contributed by atoms with Crippen LogP contribution in [0.1, 0.15) is 26.2 Å². The number of amides is 1. The molecule has 2 atom stereocenters. The quantitative estimate of drug-likeness (QED) is 0.640. The second kappa shape index (κ2) is 3.20. The third-order valence-corrected chi connectivity index (χ3v) is 3.80. The van der Waals surface area contributed by atoms with E-state index in [2.05, 4.69) is 34.5 Å². The largest absolute Gasteiger partial charge is 0.340 e. The molecule has 88 valence electrons. The molecule has 5 heteroatoms. The van der Waals surface area contributed by atoms with Gasteiger partial charge >= 0.3 is 0 Å². The Morgan fingerprint density at radius 1 is 1.50 bits per heavy atom. The fourth-order valence-corrected chi connectivity index (χ4v) is 2.55. The highest BCUT2D eigenvalue weighted by Gasteiger charge is 2.51. The Bertz CT molecular complexity index is 351. The van der Waals surface area contributed by atoms with Crippen LogP contribution < -0.4 is 10.6 Å². The number of guanidine groups is 1. The minimum atomic E-state index is -0.429. The summed E-state index contributed by atoms with van der Waals surface area (Å²) >= 11 is 0. The number of hydrogen-bond acceptors (Lipinski definition) is 3. The molecule has 0 radical (unpaired) electrons. The summed E-state index contributed by atoms with van der Waals surface area (Å²) in [5, 5.41) is 6.17. The summed E-state index contributed by atoms with van der Waals surface area (Å²) < 4.78 is 0. The molecule has 1 spiro atoms. The Morgan fingerprint density at radius 2 is 2.25 bits per heavy atom. The molecule has 0 bridgehead atoms. The van der Waals surface area contributed by atoms with E-state index in [-0.39, 0.29) is 5.91 Å². The molecule has 3 fully saturated rings. The number of aliphatic imine (C=N–C) groups is 1. The van der Waals surface area contributed by atoms with Crippen molar-refractivity contribution in [2.24, 2.45) is 4.99 Å². The lowest BCUT2D eigenvalue weighted by molar-refractivity contribution is -0.123. The van der Waals surface area contributed by atoms with Gasteiger partial charge in [0.25, 0.3) is 5.91 Å². The molecule has 0 aromatic carbocycles. The molecule has 2 heterocycles. The van der Waals surface area contributed by atoms with Crippen LogP contribution in [0.25, 0.3) is 0 Å². The molecule has 2 unspecified atom stereocenters. The number of hydrogen-bond donors (Lipinski definition) is 2. The molecule has 1 aliphatic carbocycles. The second-order valence-corrected chi connectivity index (χ2v) is 5.34. The van der Waals surface area contributed by atoms with E-state index in [1.165, 1.54) is 0 Å². The van der Waals surface area contributed by atoms with Crippen molar-refractivity contribution in [3.63, 3.8) is 0 Å². The van der Waals surface area contributed by atoms with Gasteiger partial charge in [0.2, 0.25) is 0 Å². The van der Waals surface area contributed by atoms with Gasteiger partial charge in [-0.25, -0.2) is 4.99 Å². The molecule has 2 N–H and O–H groups in total. The standard InChI is InChI=1S/C11H18N4O/c1-7-5-11(6-15(7)2)9(16)13-10(14-11)12-8-3-4-8/h7-8H,3-6H2,1-2H3,(H2,12,13,14,16). The maximum absolute atomic E-state index is 12.0. The molecule has 2 aliphatic heterocycles. The van der Waals surface area contributed by atoms with Gasteiger partial charge in [-0.1, -0.05) is 0 Å². The van der Waals surface area contributed by atoms with Crippen LogP contribution in [0.3, 0.4) is 0 Å². The van der Waals surface area contributed by atoms with Crippen LogP contribution in [0.2, 0.25) is 0 Å². The maximum Gasteiger partial charge on any atom is 0.253 e. The minimum Gasteiger partial charge on any atom is -0.340 e. The second-order valence-electron chi connectivity index (χ2n) is 5.34. The Kier molecular flexibility index (Phi) is 2.01. The van der Waals surface area contributed by atoms with Gasteiger partial charge in [-0.05, 0) is 33.2 Å². The molecular weight excluding hydrogens is 204 g/mol. The summed E-state index contributed by atoms with van der Waals surface area (Å²) in [6.45, 7) is 2.92. The number of carbonyl (C=O) groups is 1. The Balaban J connectivity index is 1.79. The number of nitrogens with one attached hydrogen (secondary N) is 2. The molecule has 0 aromatic heterocycles. The summed E-state index contributed by atoms with van der Waals surface area (Å²) in [6, 6.07) is 0.882. The van der Waals surface area contributed by atoms with Crippen molar-refractivity contribution < 1.29 is 4.79 Å². The zero-order valence-corrected chi connectivity index (χ0v) is 9.79. The molecule has 1 saturated carbocycles. The molecular formula is C11H18N4O. The molecule has 5 nitrogen and oxygen atoms in total. The van der Waals surface area contributed by atoms with Crippen molar-refractivity contribution in [3.05, 3.63) is 0 Å². The SMILES string of the molecule is CC1CC2(CN1C)NC(=NC1CC1)NC2=O. The molecule has 16 heavy (non-hydrogen) atoms. The van der Waals surface area contributed by atoms with Crippen LogP contribution in [-0.4, -0.2) is 48.0 Å². The first-order valence-electron chi connectivity index (χ1n) is 5.97. The first kappa shape index (κ1) is 10.1. The average molecular weight is 222 g/mol. The summed E-state index contributed by atoms with van der Waals surface area (Å²) in [4.78, 5) is 18.7.